The van der Waals surface area contributed by atoms with E-state index < -0.39 is 5.09 Å². The van der Waals surface area contributed by atoms with Crippen molar-refractivity contribution in [2.24, 2.45) is 0 Å². The molecule has 0 aliphatic rings. The molecule has 0 N–H and O–H groups in total. The molecule has 0 saturated heterocycles. The molecule has 0 fully saturated rings. The molecule has 0 amide bonds. The molecule has 0 aliphatic heterocycles. The van der Waals surface area contributed by atoms with Gasteiger partial charge in [-0.2, -0.15) is 7.11 Å². The van der Waals surface area contributed by atoms with E-state index in [9.17, 15) is 0 Å². The van der Waals surface area contributed by atoms with Crippen LogP contribution in [0.3, 0.4) is 0 Å². The van der Waals surface area contributed by atoms with Crippen molar-refractivity contribution >= 4 is 0 Å². The summed E-state index contributed by atoms with van der Waals surface area (Å²) in [7, 11) is 0.750. The zero-order valence-electron chi connectivity index (χ0n) is 3.68. The Labute approximate surface area is 67.1 Å². The van der Waals surface area contributed by atoms with Crippen molar-refractivity contribution in [2.75, 3.05) is 7.11 Å². The Morgan fingerprint density at radius 2 is 1.12 bits per heavy atom. The fourth-order valence-corrected chi connectivity index (χ4v) is 0. The number of nitrogens with zero attached hydrogens (tertiary/aromatic N) is 1. The fourth-order valence-electron chi connectivity index (χ4n) is 0. The average Bonchev–Trinajstić information content (AvgIpc) is 1.41. The second kappa shape index (κ2) is 27.0. The van der Waals surface area contributed by atoms with E-state index in [1.54, 1.807) is 0 Å². The zero-order valence-corrected chi connectivity index (χ0v) is 5.57. The molecule has 0 aliphatic carbocycles. The molecule has 0 atom stereocenters. The van der Waals surface area contributed by atoms with E-state index in [4.69, 9.17) is 20.4 Å². The van der Waals surface area contributed by atoms with Gasteiger partial charge in [0.15, 0.2) is 0 Å². The summed E-state index contributed by atoms with van der Waals surface area (Å²) in [5, 5.41) is 23.0. The minimum absolute atomic E-state index is 0. The number of rotatable bonds is 0. The Morgan fingerprint density at radius 3 is 1.12 bits per heavy atom. The first-order valence-electron chi connectivity index (χ1n) is 0.956. The summed E-state index contributed by atoms with van der Waals surface area (Å²) in [5.41, 5.74) is 0. The molecule has 0 rings (SSSR count). The largest absolute Gasteiger partial charge is 1.00 e. The van der Waals surface area contributed by atoms with Gasteiger partial charge in [-0.1, -0.05) is 0 Å². The summed E-state index contributed by atoms with van der Waals surface area (Å²) < 4.78 is 0. The second-order valence-corrected chi connectivity index (χ2v) is 0.224. The molecule has 0 aromatic rings. The van der Waals surface area contributed by atoms with Gasteiger partial charge in [0, 0.05) is 0 Å². The van der Waals surface area contributed by atoms with E-state index in [0.717, 1.165) is 7.11 Å². The van der Waals surface area contributed by atoms with Crippen molar-refractivity contribution < 1.29 is 44.3 Å². The topological polar surface area (TPSA) is 89.3 Å². The van der Waals surface area contributed by atoms with E-state index >= 15 is 0 Å². The van der Waals surface area contributed by atoms with Crippen LogP contribution >= 0.6 is 0 Å². The maximum Gasteiger partial charge on any atom is 1.00 e. The summed E-state index contributed by atoms with van der Waals surface area (Å²) in [6.45, 7) is 0. The fraction of sp³-hybridized carbons (Fsp3) is 1.00. The molecule has 0 aromatic carbocycles. The van der Waals surface area contributed by atoms with E-state index in [1.807, 2.05) is 0 Å². The Kier molecular flexibility index (Phi) is 81.4. The van der Waals surface area contributed by atoms with Gasteiger partial charge in [-0.15, -0.1) is 0 Å². The third-order valence-corrected chi connectivity index (χ3v) is 0. The molecule has 7 heteroatoms. The second-order valence-electron chi connectivity index (χ2n) is 0.224. The molecule has 0 spiro atoms. The quantitative estimate of drug-likeness (QED) is 0.289. The molecule has 0 aromatic heterocycles. The smallest absolute Gasteiger partial charge is 0.857 e. The van der Waals surface area contributed by atoms with Crippen LogP contribution in [0, 0.1) is 15.3 Å². The van der Waals surface area contributed by atoms with Gasteiger partial charge in [0.2, 0.25) is 0 Å². The van der Waals surface area contributed by atoms with Crippen LogP contribution in [-0.4, -0.2) is 12.2 Å². The SMILES string of the molecule is C[O-].O=[N+]([O-])[O-].[Cu+].[Cu+]. The monoisotopic (exact) mass is 219 g/mol. The minimum Gasteiger partial charge on any atom is -0.857 e. The number of hydrogen-bond acceptors (Lipinski definition) is 4. The molecule has 58 valence electrons. The van der Waals surface area contributed by atoms with Crippen molar-refractivity contribution in [1.29, 1.82) is 0 Å². The minimum atomic E-state index is -1.75. The predicted molar refractivity (Wildman–Crippen MR) is 16.3 cm³/mol. The van der Waals surface area contributed by atoms with Crippen molar-refractivity contribution in [1.82, 2.24) is 0 Å². The van der Waals surface area contributed by atoms with Gasteiger partial charge in [-0.3, -0.25) is 0 Å². The van der Waals surface area contributed by atoms with Crippen molar-refractivity contribution in [3.63, 3.8) is 0 Å². The first-order chi connectivity index (χ1) is 2.73. The molecular formula is CH3Cu2NO4. The van der Waals surface area contributed by atoms with Crippen LogP contribution in [0.4, 0.5) is 0 Å². The first-order valence-corrected chi connectivity index (χ1v) is 0.956. The third-order valence-electron chi connectivity index (χ3n) is 0. The summed E-state index contributed by atoms with van der Waals surface area (Å²) in [5.74, 6) is 0. The van der Waals surface area contributed by atoms with Gasteiger partial charge in [0.05, 0.1) is 5.09 Å². The molecule has 0 unspecified atom stereocenters. The Morgan fingerprint density at radius 1 is 1.12 bits per heavy atom. The normalized spacial score (nSPS) is 3.75. The Balaban J connectivity index is -0.0000000183. The maximum atomic E-state index is 8.25. The van der Waals surface area contributed by atoms with Crippen LogP contribution in [0.5, 0.6) is 0 Å². The predicted octanol–water partition coefficient (Wildman–Crippen LogP) is -1.27. The molecule has 0 saturated carbocycles. The van der Waals surface area contributed by atoms with Gasteiger partial charge in [0.1, 0.15) is 0 Å². The molecule has 0 bridgehead atoms. The van der Waals surface area contributed by atoms with Crippen LogP contribution in [0.25, 0.3) is 0 Å². The van der Waals surface area contributed by atoms with Crippen LogP contribution < -0.4 is 5.11 Å². The Bertz CT molecular complexity index is 37.0. The van der Waals surface area contributed by atoms with E-state index in [2.05, 4.69) is 0 Å². The van der Waals surface area contributed by atoms with Crippen molar-refractivity contribution in [3.8, 4) is 0 Å². The molecular weight excluding hydrogens is 217 g/mol. The Hall–Kier alpha value is 0.199. The maximum absolute atomic E-state index is 8.25. The van der Waals surface area contributed by atoms with Crippen LogP contribution in [0.2, 0.25) is 0 Å². The van der Waals surface area contributed by atoms with Gasteiger partial charge in [-0.05, 0) is 0 Å². The molecule has 0 heterocycles. The summed E-state index contributed by atoms with van der Waals surface area (Å²) in [6.07, 6.45) is 0. The zero-order chi connectivity index (χ0) is 5.58. The van der Waals surface area contributed by atoms with Gasteiger partial charge < -0.3 is 20.4 Å². The van der Waals surface area contributed by atoms with Crippen molar-refractivity contribution in [3.05, 3.63) is 15.3 Å². The van der Waals surface area contributed by atoms with Gasteiger partial charge >= 0.3 is 34.1 Å². The molecule has 8 heavy (non-hydrogen) atoms. The van der Waals surface area contributed by atoms with E-state index in [1.165, 1.54) is 0 Å². The van der Waals surface area contributed by atoms with Crippen molar-refractivity contribution in [2.45, 2.75) is 0 Å². The van der Waals surface area contributed by atoms with Gasteiger partial charge in [0.25, 0.3) is 0 Å². The summed E-state index contributed by atoms with van der Waals surface area (Å²) in [6, 6.07) is 0. The van der Waals surface area contributed by atoms with E-state index in [0.29, 0.717) is 0 Å². The van der Waals surface area contributed by atoms with E-state index in [-0.39, 0.29) is 34.1 Å². The summed E-state index contributed by atoms with van der Waals surface area (Å²) in [4.78, 5) is 8.25. The average molecular weight is 220 g/mol. The number of hydrogen-bond donors (Lipinski definition) is 0. The van der Waals surface area contributed by atoms with Crippen LogP contribution in [0.1, 0.15) is 0 Å². The van der Waals surface area contributed by atoms with Crippen LogP contribution in [-0.2, 0) is 34.1 Å². The molecule has 0 radical (unpaired) electrons. The standard InChI is InChI=1S/CH3O.2Cu.NO3/c1-2;;;2-1(3)4/h1H3;;;/q-1;2*+1;-1. The molecule has 5 nitrogen and oxygen atoms in total. The third kappa shape index (κ3) is 4230. The summed E-state index contributed by atoms with van der Waals surface area (Å²) >= 11 is 0. The first kappa shape index (κ1) is 24.1. The van der Waals surface area contributed by atoms with Crippen LogP contribution in [0.15, 0.2) is 0 Å². The van der Waals surface area contributed by atoms with Gasteiger partial charge in [-0.25, -0.2) is 0 Å².